The predicted molar refractivity (Wildman–Crippen MR) is 98.1 cm³/mol. The van der Waals surface area contributed by atoms with Crippen LogP contribution < -0.4 is 4.74 Å². The molecule has 4 nitrogen and oxygen atoms in total. The quantitative estimate of drug-likeness (QED) is 0.593. The zero-order valence-corrected chi connectivity index (χ0v) is 13.6. The van der Waals surface area contributed by atoms with Gasteiger partial charge in [-0.2, -0.15) is 0 Å². The van der Waals surface area contributed by atoms with Crippen molar-refractivity contribution < 1.29 is 14.6 Å². The Hall–Kier alpha value is -3.27. The molecule has 0 saturated carbocycles. The zero-order valence-electron chi connectivity index (χ0n) is 13.6. The SMILES string of the molecule is O=C(O)COc1cccc2c1c1ccccc1n2Cc1ccccc1. The Morgan fingerprint density at radius 2 is 1.60 bits per heavy atom. The Labute approximate surface area is 144 Å². The fraction of sp³-hybridized carbons (Fsp3) is 0.0952. The van der Waals surface area contributed by atoms with E-state index in [1.54, 1.807) is 0 Å². The molecular weight excluding hydrogens is 314 g/mol. The number of carboxylic acid groups (broad SMARTS) is 1. The molecule has 25 heavy (non-hydrogen) atoms. The van der Waals surface area contributed by atoms with Crippen LogP contribution in [0.3, 0.4) is 0 Å². The molecular formula is C21H17NO3. The largest absolute Gasteiger partial charge is 0.481 e. The molecule has 0 spiro atoms. The number of hydrogen-bond acceptors (Lipinski definition) is 2. The average molecular weight is 331 g/mol. The first kappa shape index (κ1) is 15.3. The zero-order chi connectivity index (χ0) is 17.2. The molecule has 4 aromatic rings. The third-order valence-electron chi connectivity index (χ3n) is 4.29. The fourth-order valence-electron chi connectivity index (χ4n) is 3.26. The molecule has 0 bridgehead atoms. The van der Waals surface area contributed by atoms with Gasteiger partial charge in [0.05, 0.1) is 5.52 Å². The number of carboxylic acids is 1. The van der Waals surface area contributed by atoms with Crippen molar-refractivity contribution >= 4 is 27.8 Å². The third-order valence-corrected chi connectivity index (χ3v) is 4.29. The van der Waals surface area contributed by atoms with Crippen molar-refractivity contribution in [1.29, 1.82) is 0 Å². The van der Waals surface area contributed by atoms with E-state index in [-0.39, 0.29) is 6.61 Å². The van der Waals surface area contributed by atoms with Gasteiger partial charge in [-0.25, -0.2) is 4.79 Å². The normalized spacial score (nSPS) is 11.0. The number of carbonyl (C=O) groups is 1. The maximum Gasteiger partial charge on any atom is 0.341 e. The second-order valence-corrected chi connectivity index (χ2v) is 5.92. The number of benzene rings is 3. The van der Waals surface area contributed by atoms with E-state index >= 15 is 0 Å². The van der Waals surface area contributed by atoms with Crippen LogP contribution in [0.25, 0.3) is 21.8 Å². The third kappa shape index (κ3) is 2.83. The Morgan fingerprint density at radius 1 is 0.880 bits per heavy atom. The van der Waals surface area contributed by atoms with Gasteiger partial charge in [-0.05, 0) is 23.8 Å². The molecule has 0 aliphatic rings. The van der Waals surface area contributed by atoms with E-state index in [1.165, 1.54) is 5.56 Å². The number of fused-ring (bicyclic) bond motifs is 3. The highest BCUT2D eigenvalue weighted by Gasteiger charge is 2.15. The number of hydrogen-bond donors (Lipinski definition) is 1. The molecule has 0 atom stereocenters. The molecule has 124 valence electrons. The Morgan fingerprint density at radius 3 is 2.40 bits per heavy atom. The molecule has 0 fully saturated rings. The number of aliphatic carboxylic acids is 1. The van der Waals surface area contributed by atoms with Crippen molar-refractivity contribution in [2.24, 2.45) is 0 Å². The molecule has 0 amide bonds. The van der Waals surface area contributed by atoms with Crippen molar-refractivity contribution in [2.75, 3.05) is 6.61 Å². The molecule has 3 aromatic carbocycles. The smallest absolute Gasteiger partial charge is 0.341 e. The summed E-state index contributed by atoms with van der Waals surface area (Å²) in [6, 6.07) is 24.2. The van der Waals surface area contributed by atoms with Crippen LogP contribution in [0.1, 0.15) is 5.56 Å². The number of rotatable bonds is 5. The molecule has 1 heterocycles. The van der Waals surface area contributed by atoms with E-state index in [9.17, 15) is 4.79 Å². The van der Waals surface area contributed by atoms with Crippen LogP contribution in [0, 0.1) is 0 Å². The minimum absolute atomic E-state index is 0.350. The van der Waals surface area contributed by atoms with Gasteiger partial charge in [-0.1, -0.05) is 54.6 Å². The molecule has 1 aromatic heterocycles. The van der Waals surface area contributed by atoms with Gasteiger partial charge in [0.15, 0.2) is 6.61 Å². The van der Waals surface area contributed by atoms with E-state index < -0.39 is 5.97 Å². The van der Waals surface area contributed by atoms with E-state index in [4.69, 9.17) is 9.84 Å². The number of nitrogens with zero attached hydrogens (tertiary/aromatic N) is 1. The Balaban J connectivity index is 1.92. The highest BCUT2D eigenvalue weighted by atomic mass is 16.5. The summed E-state index contributed by atoms with van der Waals surface area (Å²) in [5, 5.41) is 10.9. The monoisotopic (exact) mass is 331 g/mol. The minimum Gasteiger partial charge on any atom is -0.481 e. The van der Waals surface area contributed by atoms with Crippen LogP contribution in [0.4, 0.5) is 0 Å². The maximum absolute atomic E-state index is 10.9. The first-order valence-corrected chi connectivity index (χ1v) is 8.12. The summed E-state index contributed by atoms with van der Waals surface area (Å²) in [5.41, 5.74) is 3.35. The first-order chi connectivity index (χ1) is 12.2. The first-order valence-electron chi connectivity index (χ1n) is 8.12. The maximum atomic E-state index is 10.9. The number of aromatic nitrogens is 1. The molecule has 1 N–H and O–H groups in total. The molecule has 0 saturated heterocycles. The van der Waals surface area contributed by atoms with Crippen LogP contribution in [-0.4, -0.2) is 22.2 Å². The van der Waals surface area contributed by atoms with Crippen LogP contribution in [0.5, 0.6) is 5.75 Å². The van der Waals surface area contributed by atoms with Gasteiger partial charge in [0.1, 0.15) is 5.75 Å². The summed E-state index contributed by atoms with van der Waals surface area (Å²) in [4.78, 5) is 10.9. The lowest BCUT2D eigenvalue weighted by Crippen LogP contribution is -2.09. The van der Waals surface area contributed by atoms with Crippen LogP contribution in [0.15, 0.2) is 72.8 Å². The number of ether oxygens (including phenoxy) is 1. The minimum atomic E-state index is -0.981. The molecule has 0 aliphatic carbocycles. The van der Waals surface area contributed by atoms with Gasteiger partial charge in [0.25, 0.3) is 0 Å². The lowest BCUT2D eigenvalue weighted by atomic mass is 10.1. The van der Waals surface area contributed by atoms with E-state index in [2.05, 4.69) is 22.8 Å². The number of para-hydroxylation sites is 1. The standard InChI is InChI=1S/C21H17NO3/c23-20(24)14-25-19-12-6-11-18-21(19)16-9-4-5-10-17(16)22(18)13-15-7-2-1-3-8-15/h1-12H,13-14H2,(H,23,24). The highest BCUT2D eigenvalue weighted by molar-refractivity contribution is 6.11. The van der Waals surface area contributed by atoms with Gasteiger partial charge < -0.3 is 14.4 Å². The Kier molecular flexibility index (Phi) is 3.86. The van der Waals surface area contributed by atoms with Crippen LogP contribution in [0.2, 0.25) is 0 Å². The van der Waals surface area contributed by atoms with Crippen molar-refractivity contribution in [3.05, 3.63) is 78.4 Å². The molecule has 0 radical (unpaired) electrons. The van der Waals surface area contributed by atoms with E-state index in [1.807, 2.05) is 54.6 Å². The van der Waals surface area contributed by atoms with Gasteiger partial charge >= 0.3 is 5.97 Å². The fourth-order valence-corrected chi connectivity index (χ4v) is 3.26. The summed E-state index contributed by atoms with van der Waals surface area (Å²) in [7, 11) is 0. The van der Waals surface area contributed by atoms with Crippen molar-refractivity contribution in [1.82, 2.24) is 4.57 Å². The highest BCUT2D eigenvalue weighted by Crippen LogP contribution is 2.36. The molecule has 0 unspecified atom stereocenters. The van der Waals surface area contributed by atoms with Crippen LogP contribution >= 0.6 is 0 Å². The molecule has 4 heteroatoms. The van der Waals surface area contributed by atoms with Crippen molar-refractivity contribution in [3.8, 4) is 5.75 Å². The lowest BCUT2D eigenvalue weighted by molar-refractivity contribution is -0.139. The van der Waals surface area contributed by atoms with Crippen molar-refractivity contribution in [2.45, 2.75) is 6.54 Å². The van der Waals surface area contributed by atoms with E-state index in [0.29, 0.717) is 5.75 Å². The van der Waals surface area contributed by atoms with Crippen LogP contribution in [-0.2, 0) is 11.3 Å². The average Bonchev–Trinajstić information content (AvgIpc) is 2.96. The summed E-state index contributed by atoms with van der Waals surface area (Å²) >= 11 is 0. The van der Waals surface area contributed by atoms with Gasteiger partial charge in [0.2, 0.25) is 0 Å². The molecule has 4 rings (SSSR count). The Bertz CT molecular complexity index is 1050. The lowest BCUT2D eigenvalue weighted by Gasteiger charge is -2.09. The summed E-state index contributed by atoms with van der Waals surface area (Å²) < 4.78 is 7.78. The van der Waals surface area contributed by atoms with Gasteiger partial charge in [-0.15, -0.1) is 0 Å². The second kappa shape index (κ2) is 6.32. The topological polar surface area (TPSA) is 51.5 Å². The summed E-state index contributed by atoms with van der Waals surface area (Å²) in [6.45, 7) is 0.393. The summed E-state index contributed by atoms with van der Waals surface area (Å²) in [5.74, 6) is -0.382. The van der Waals surface area contributed by atoms with E-state index in [0.717, 1.165) is 28.4 Å². The van der Waals surface area contributed by atoms with Gasteiger partial charge in [0, 0.05) is 22.8 Å². The van der Waals surface area contributed by atoms with Gasteiger partial charge in [-0.3, -0.25) is 0 Å². The predicted octanol–water partition coefficient (Wildman–Crippen LogP) is 4.31. The molecule has 0 aliphatic heterocycles. The van der Waals surface area contributed by atoms with Crippen molar-refractivity contribution in [3.63, 3.8) is 0 Å². The second-order valence-electron chi connectivity index (χ2n) is 5.92. The summed E-state index contributed by atoms with van der Waals surface area (Å²) in [6.07, 6.45) is 0.